The second-order valence-electron chi connectivity index (χ2n) is 8.26. The smallest absolute Gasteiger partial charge is 0.244 e. The summed E-state index contributed by atoms with van der Waals surface area (Å²) in [4.78, 5) is 17.3. The molecule has 10 nitrogen and oxygen atoms in total. The van der Waals surface area contributed by atoms with E-state index in [0.717, 1.165) is 30.1 Å². The summed E-state index contributed by atoms with van der Waals surface area (Å²) < 4.78 is 37.5. The van der Waals surface area contributed by atoms with E-state index in [4.69, 9.17) is 9.47 Å². The molecule has 4 rings (SSSR count). The Labute approximate surface area is 200 Å². The molecule has 2 saturated heterocycles. The van der Waals surface area contributed by atoms with Gasteiger partial charge in [0.05, 0.1) is 14.2 Å². The molecule has 0 spiro atoms. The van der Waals surface area contributed by atoms with Gasteiger partial charge in [0.25, 0.3) is 0 Å². The lowest BCUT2D eigenvalue weighted by atomic mass is 10.0. The molecule has 1 amide bonds. The quantitative estimate of drug-likeness (QED) is 0.525. The first-order valence-corrected chi connectivity index (χ1v) is 12.6. The van der Waals surface area contributed by atoms with Crippen LogP contribution in [0.4, 0.5) is 5.69 Å². The maximum Gasteiger partial charge on any atom is 0.244 e. The maximum atomic E-state index is 13.1. The Bertz CT molecular complexity index is 1120. The van der Waals surface area contributed by atoms with E-state index >= 15 is 0 Å². The van der Waals surface area contributed by atoms with Gasteiger partial charge in [-0.25, -0.2) is 24.0 Å². The molecule has 2 aromatic rings. The highest BCUT2D eigenvalue weighted by Crippen LogP contribution is 2.30. The van der Waals surface area contributed by atoms with Crippen LogP contribution in [0, 0.1) is 0 Å². The molecule has 184 valence electrons. The monoisotopic (exact) mass is 489 g/mol. The van der Waals surface area contributed by atoms with Crippen molar-refractivity contribution in [1.29, 1.82) is 0 Å². The Morgan fingerprint density at radius 3 is 2.32 bits per heavy atom. The number of hydrogen-bond acceptors (Lipinski definition) is 8. The van der Waals surface area contributed by atoms with E-state index in [-0.39, 0.29) is 28.6 Å². The topological polar surface area (TPSA) is 112 Å². The van der Waals surface area contributed by atoms with Crippen molar-refractivity contribution in [2.24, 2.45) is 0 Å². The zero-order chi connectivity index (χ0) is 24.3. The minimum Gasteiger partial charge on any atom is -0.497 e. The molecule has 34 heavy (non-hydrogen) atoms. The number of carbonyl (C=O) groups is 1. The fourth-order valence-electron chi connectivity index (χ4n) is 4.37. The number of rotatable bonds is 7. The van der Waals surface area contributed by atoms with E-state index in [1.165, 1.54) is 14.2 Å². The highest BCUT2D eigenvalue weighted by molar-refractivity contribution is 7.89. The number of nitrogens with zero attached hydrogens (tertiary/aromatic N) is 2. The molecule has 0 radical (unpaired) electrons. The number of piperazine rings is 1. The molecule has 2 atom stereocenters. The van der Waals surface area contributed by atoms with Crippen LogP contribution in [0.25, 0.3) is 0 Å². The molecule has 2 aliphatic rings. The Morgan fingerprint density at radius 1 is 1.00 bits per heavy atom. The van der Waals surface area contributed by atoms with Gasteiger partial charge in [0.15, 0.2) is 0 Å². The summed E-state index contributed by atoms with van der Waals surface area (Å²) >= 11 is 0. The number of hydrazine groups is 1. The van der Waals surface area contributed by atoms with Gasteiger partial charge in [-0.05, 0) is 55.4 Å². The van der Waals surface area contributed by atoms with E-state index in [0.29, 0.717) is 19.5 Å². The SMILES string of the molecule is CNS(=O)(=O)c1cc(C2CC(C(=O)N3CCN(c4ccc(OC)cc4)CC3)NN2)ccc1OC. The average Bonchev–Trinajstić information content (AvgIpc) is 3.38. The van der Waals surface area contributed by atoms with Crippen LogP contribution in [0.15, 0.2) is 47.4 Å². The number of nitrogens with one attached hydrogen (secondary N) is 3. The van der Waals surface area contributed by atoms with Crippen LogP contribution in [-0.2, 0) is 14.8 Å². The summed E-state index contributed by atoms with van der Waals surface area (Å²) in [6.07, 6.45) is 0.517. The number of sulfonamides is 1. The number of ether oxygens (including phenoxy) is 2. The molecule has 0 aliphatic carbocycles. The molecule has 3 N–H and O–H groups in total. The largest absolute Gasteiger partial charge is 0.497 e. The number of carbonyl (C=O) groups excluding carboxylic acids is 1. The highest BCUT2D eigenvalue weighted by Gasteiger charge is 2.35. The first-order valence-electron chi connectivity index (χ1n) is 11.2. The predicted octanol–water partition coefficient (Wildman–Crippen LogP) is 0.868. The summed E-state index contributed by atoms with van der Waals surface area (Å²) in [5, 5.41) is 0. The van der Waals surface area contributed by atoms with Gasteiger partial charge in [-0.3, -0.25) is 4.79 Å². The van der Waals surface area contributed by atoms with Gasteiger partial charge in [-0.2, -0.15) is 0 Å². The minimum atomic E-state index is -3.68. The number of hydrogen-bond donors (Lipinski definition) is 3. The molecule has 2 heterocycles. The van der Waals surface area contributed by atoms with Gasteiger partial charge < -0.3 is 19.3 Å². The standard InChI is InChI=1S/C23H31N5O5S/c1-24-34(30,31)22-14-16(4-9-21(22)33-3)19-15-20(26-25-19)23(29)28-12-10-27(11-13-28)17-5-7-18(32-2)8-6-17/h4-9,14,19-20,24-26H,10-13,15H2,1-3H3. The van der Waals surface area contributed by atoms with Gasteiger partial charge in [0, 0.05) is 37.9 Å². The van der Waals surface area contributed by atoms with Crippen LogP contribution in [0.5, 0.6) is 11.5 Å². The van der Waals surface area contributed by atoms with Gasteiger partial charge >= 0.3 is 0 Å². The number of anilines is 1. The molecular weight excluding hydrogens is 458 g/mol. The van der Waals surface area contributed by atoms with Crippen molar-refractivity contribution in [3.05, 3.63) is 48.0 Å². The Kier molecular flexibility index (Phi) is 7.27. The summed E-state index contributed by atoms with van der Waals surface area (Å²) in [5.74, 6) is 1.13. The average molecular weight is 490 g/mol. The predicted molar refractivity (Wildman–Crippen MR) is 128 cm³/mol. The second kappa shape index (κ2) is 10.2. The fraction of sp³-hybridized carbons (Fsp3) is 0.435. The van der Waals surface area contributed by atoms with Gasteiger partial charge in [-0.1, -0.05) is 6.07 Å². The number of benzene rings is 2. The molecule has 2 fully saturated rings. The van der Waals surface area contributed by atoms with E-state index in [9.17, 15) is 13.2 Å². The molecule has 2 aromatic carbocycles. The maximum absolute atomic E-state index is 13.1. The molecule has 2 unspecified atom stereocenters. The van der Waals surface area contributed by atoms with Gasteiger partial charge in [0.2, 0.25) is 15.9 Å². The van der Waals surface area contributed by atoms with Crippen molar-refractivity contribution in [2.75, 3.05) is 52.3 Å². The number of methoxy groups -OCH3 is 2. The summed E-state index contributed by atoms with van der Waals surface area (Å²) in [5.41, 5.74) is 8.12. The number of amides is 1. The summed E-state index contributed by atoms with van der Waals surface area (Å²) in [6.45, 7) is 2.79. The van der Waals surface area contributed by atoms with Crippen molar-refractivity contribution < 1.29 is 22.7 Å². The van der Waals surface area contributed by atoms with Crippen molar-refractivity contribution in [3.63, 3.8) is 0 Å². The zero-order valence-electron chi connectivity index (χ0n) is 19.6. The molecule has 0 aromatic heterocycles. The molecule has 11 heteroatoms. The molecule has 0 saturated carbocycles. The lowest BCUT2D eigenvalue weighted by Gasteiger charge is -2.37. The van der Waals surface area contributed by atoms with E-state index in [1.807, 2.05) is 35.2 Å². The van der Waals surface area contributed by atoms with E-state index in [1.54, 1.807) is 19.2 Å². The van der Waals surface area contributed by atoms with Gasteiger partial charge in [-0.15, -0.1) is 0 Å². The van der Waals surface area contributed by atoms with Crippen LogP contribution in [0.2, 0.25) is 0 Å². The van der Waals surface area contributed by atoms with E-state index in [2.05, 4.69) is 20.5 Å². The van der Waals surface area contributed by atoms with E-state index < -0.39 is 10.0 Å². The Hall–Kier alpha value is -2.86. The fourth-order valence-corrected chi connectivity index (χ4v) is 5.29. The van der Waals surface area contributed by atoms with Crippen LogP contribution in [0.1, 0.15) is 18.0 Å². The third-order valence-electron chi connectivity index (χ3n) is 6.38. The highest BCUT2D eigenvalue weighted by atomic mass is 32.2. The summed E-state index contributed by atoms with van der Waals surface area (Å²) in [6, 6.07) is 12.4. The van der Waals surface area contributed by atoms with Crippen LogP contribution in [0.3, 0.4) is 0 Å². The van der Waals surface area contributed by atoms with Crippen molar-refractivity contribution in [1.82, 2.24) is 20.5 Å². The normalized spacial score (nSPS) is 20.9. The zero-order valence-corrected chi connectivity index (χ0v) is 20.4. The van der Waals surface area contributed by atoms with Crippen molar-refractivity contribution in [2.45, 2.75) is 23.4 Å². The molecule has 2 aliphatic heterocycles. The minimum absolute atomic E-state index is 0.0426. The molecule has 0 bridgehead atoms. The summed E-state index contributed by atoms with van der Waals surface area (Å²) in [7, 11) is 0.758. The first kappa shape index (κ1) is 24.3. The lowest BCUT2D eigenvalue weighted by Crippen LogP contribution is -2.53. The first-order chi connectivity index (χ1) is 16.4. The Balaban J connectivity index is 1.37. The van der Waals surface area contributed by atoms with Crippen molar-refractivity contribution >= 4 is 21.6 Å². The van der Waals surface area contributed by atoms with Crippen LogP contribution < -0.4 is 29.9 Å². The third kappa shape index (κ3) is 4.97. The van der Waals surface area contributed by atoms with Crippen LogP contribution in [-0.4, -0.2) is 72.7 Å². The van der Waals surface area contributed by atoms with Crippen molar-refractivity contribution in [3.8, 4) is 11.5 Å². The lowest BCUT2D eigenvalue weighted by molar-refractivity contribution is -0.133. The van der Waals surface area contributed by atoms with Crippen LogP contribution >= 0.6 is 0 Å². The van der Waals surface area contributed by atoms with Gasteiger partial charge in [0.1, 0.15) is 22.4 Å². The third-order valence-corrected chi connectivity index (χ3v) is 7.81. The molecular formula is C23H31N5O5S. The second-order valence-corrected chi connectivity index (χ2v) is 10.1. The Morgan fingerprint density at radius 2 is 1.71 bits per heavy atom.